The van der Waals surface area contributed by atoms with Gasteiger partial charge in [0, 0.05) is 27.1 Å². The Morgan fingerprint density at radius 1 is 0.842 bits per heavy atom. The topological polar surface area (TPSA) is 92.4 Å². The highest BCUT2D eigenvalue weighted by Gasteiger charge is 2.17. The second kappa shape index (κ2) is 9.24. The summed E-state index contributed by atoms with van der Waals surface area (Å²) in [4.78, 5) is 20.2. The molecule has 7 nitrogen and oxygen atoms in total. The van der Waals surface area contributed by atoms with Crippen molar-refractivity contribution in [3.63, 3.8) is 0 Å². The molecular formula is C30H22N6OS. The number of hydrogen-bond acceptors (Lipinski definition) is 6. The molecule has 0 saturated carbocycles. The lowest BCUT2D eigenvalue weighted by Gasteiger charge is -2.08. The minimum atomic E-state index is 0.476. The number of nitrogens with one attached hydrogen (secondary N) is 2. The summed E-state index contributed by atoms with van der Waals surface area (Å²) in [5, 5.41) is 7.66. The molecule has 0 atom stereocenters. The van der Waals surface area contributed by atoms with Gasteiger partial charge in [0.1, 0.15) is 17.9 Å². The molecule has 0 radical (unpaired) electrons. The molecule has 7 rings (SSSR count). The highest BCUT2D eigenvalue weighted by Crippen LogP contribution is 2.35. The molecule has 0 aliphatic carbocycles. The first-order valence-corrected chi connectivity index (χ1v) is 13.1. The second-order valence-corrected chi connectivity index (χ2v) is 10.3. The van der Waals surface area contributed by atoms with Crippen LogP contribution < -0.4 is 4.74 Å². The van der Waals surface area contributed by atoms with E-state index in [1.165, 1.54) is 9.75 Å². The highest BCUT2D eigenvalue weighted by atomic mass is 32.1. The van der Waals surface area contributed by atoms with Gasteiger partial charge >= 0.3 is 0 Å². The van der Waals surface area contributed by atoms with E-state index < -0.39 is 0 Å². The van der Waals surface area contributed by atoms with E-state index in [-0.39, 0.29) is 0 Å². The summed E-state index contributed by atoms with van der Waals surface area (Å²) in [5.41, 5.74) is 7.99. The molecule has 0 unspecified atom stereocenters. The van der Waals surface area contributed by atoms with Crippen LogP contribution in [0.15, 0.2) is 91.3 Å². The number of H-pyrrole nitrogens is 2. The Balaban J connectivity index is 1.24. The molecule has 8 heteroatoms. The molecule has 0 aliphatic rings. The number of nitrogens with zero attached hydrogens (tertiary/aromatic N) is 4. The zero-order valence-electron chi connectivity index (χ0n) is 20.5. The van der Waals surface area contributed by atoms with Crippen LogP contribution in [0.4, 0.5) is 0 Å². The van der Waals surface area contributed by atoms with Crippen LogP contribution in [0.1, 0.15) is 10.4 Å². The van der Waals surface area contributed by atoms with Crippen LogP contribution in [0.2, 0.25) is 0 Å². The molecular weight excluding hydrogens is 492 g/mol. The fraction of sp³-hybridized carbons (Fsp3) is 0.0667. The predicted molar refractivity (Wildman–Crippen MR) is 151 cm³/mol. The van der Waals surface area contributed by atoms with Crippen molar-refractivity contribution in [3.05, 3.63) is 102 Å². The van der Waals surface area contributed by atoms with Crippen molar-refractivity contribution in [2.45, 2.75) is 13.5 Å². The number of aromatic amines is 2. The lowest BCUT2D eigenvalue weighted by molar-refractivity contribution is 0.305. The lowest BCUT2D eigenvalue weighted by Crippen LogP contribution is -1.96. The Labute approximate surface area is 222 Å². The molecule has 5 heterocycles. The van der Waals surface area contributed by atoms with Crippen LogP contribution in [0.25, 0.3) is 55.3 Å². The monoisotopic (exact) mass is 514 g/mol. The van der Waals surface area contributed by atoms with Gasteiger partial charge in [-0.3, -0.25) is 10.1 Å². The predicted octanol–water partition coefficient (Wildman–Crippen LogP) is 7.18. The summed E-state index contributed by atoms with van der Waals surface area (Å²) in [5.74, 6) is 1.36. The Morgan fingerprint density at radius 3 is 2.63 bits per heavy atom. The molecule has 5 aromatic heterocycles. The quantitative estimate of drug-likeness (QED) is 0.245. The number of ether oxygens (including phenoxy) is 1. The Bertz CT molecular complexity index is 1900. The third-order valence-electron chi connectivity index (χ3n) is 6.41. The van der Waals surface area contributed by atoms with Gasteiger partial charge in [0.05, 0.1) is 28.4 Å². The van der Waals surface area contributed by atoms with Crippen LogP contribution in [-0.4, -0.2) is 30.1 Å². The summed E-state index contributed by atoms with van der Waals surface area (Å²) >= 11 is 1.76. The van der Waals surface area contributed by atoms with Crippen LogP contribution in [-0.2, 0) is 6.61 Å². The number of aromatic nitrogens is 6. The Morgan fingerprint density at radius 2 is 1.76 bits per heavy atom. The maximum atomic E-state index is 5.98. The van der Waals surface area contributed by atoms with Crippen LogP contribution in [0.3, 0.4) is 0 Å². The summed E-state index contributed by atoms with van der Waals surface area (Å²) in [6.07, 6.45) is 3.51. The van der Waals surface area contributed by atoms with E-state index in [1.807, 2.05) is 60.7 Å². The van der Waals surface area contributed by atoms with E-state index in [0.29, 0.717) is 23.9 Å². The third-order valence-corrected chi connectivity index (χ3v) is 7.44. The van der Waals surface area contributed by atoms with Crippen molar-refractivity contribution in [2.75, 3.05) is 0 Å². The Hall–Kier alpha value is -4.82. The maximum Gasteiger partial charge on any atom is 0.161 e. The van der Waals surface area contributed by atoms with E-state index in [4.69, 9.17) is 14.7 Å². The number of imidazole rings is 1. The number of rotatable bonds is 6. The van der Waals surface area contributed by atoms with E-state index in [2.05, 4.69) is 45.3 Å². The smallest absolute Gasteiger partial charge is 0.161 e. The zero-order valence-corrected chi connectivity index (χ0v) is 21.3. The normalized spacial score (nSPS) is 11.4. The lowest BCUT2D eigenvalue weighted by atomic mass is 10.1. The number of benzene rings is 2. The van der Waals surface area contributed by atoms with Gasteiger partial charge in [0.15, 0.2) is 11.5 Å². The second-order valence-electron chi connectivity index (χ2n) is 9.05. The minimum absolute atomic E-state index is 0.476. The molecule has 0 fully saturated rings. The van der Waals surface area contributed by atoms with Crippen molar-refractivity contribution in [3.8, 4) is 39.0 Å². The van der Waals surface area contributed by atoms with E-state index in [9.17, 15) is 0 Å². The molecule has 2 N–H and O–H groups in total. The molecule has 38 heavy (non-hydrogen) atoms. The van der Waals surface area contributed by atoms with Crippen molar-refractivity contribution in [1.82, 2.24) is 30.1 Å². The van der Waals surface area contributed by atoms with Gasteiger partial charge in [-0.2, -0.15) is 5.10 Å². The SMILES string of the molecule is Cc1ccc(-c2cccc3[nH]c(-c4n[nH]c5ccc(-c6cncc(OCc7ccccc7)c6)nc45)nc23)s1. The fourth-order valence-corrected chi connectivity index (χ4v) is 5.42. The summed E-state index contributed by atoms with van der Waals surface area (Å²) in [6.45, 7) is 2.59. The number of pyridine rings is 2. The van der Waals surface area contributed by atoms with Crippen LogP contribution >= 0.6 is 11.3 Å². The van der Waals surface area contributed by atoms with Gasteiger partial charge in [0.2, 0.25) is 0 Å². The van der Waals surface area contributed by atoms with Gasteiger partial charge in [-0.1, -0.05) is 42.5 Å². The van der Waals surface area contributed by atoms with E-state index in [1.54, 1.807) is 23.7 Å². The molecule has 0 aliphatic heterocycles. The molecule has 184 valence electrons. The van der Waals surface area contributed by atoms with Crippen LogP contribution in [0.5, 0.6) is 5.75 Å². The van der Waals surface area contributed by atoms with Crippen molar-refractivity contribution >= 4 is 33.4 Å². The number of aryl methyl sites for hydroxylation is 1. The first kappa shape index (κ1) is 22.4. The Kier molecular flexibility index (Phi) is 5.44. The third kappa shape index (κ3) is 4.10. The minimum Gasteiger partial charge on any atom is -0.487 e. The van der Waals surface area contributed by atoms with Gasteiger partial charge in [-0.05, 0) is 48.9 Å². The van der Waals surface area contributed by atoms with E-state index in [0.717, 1.165) is 44.5 Å². The molecule has 0 bridgehead atoms. The van der Waals surface area contributed by atoms with Crippen molar-refractivity contribution < 1.29 is 4.74 Å². The van der Waals surface area contributed by atoms with E-state index >= 15 is 0 Å². The first-order chi connectivity index (χ1) is 18.7. The molecule has 2 aromatic carbocycles. The standard InChI is InChI=1S/C30H22N6OS/c1-18-10-13-26(38-18)22-8-5-9-24-27(22)34-30(33-24)29-28-25(35-36-29)12-11-23(32-28)20-14-21(16-31-15-20)37-17-19-6-3-2-4-7-19/h2-16H,17H2,1H3,(H,33,34)(H,35,36). The summed E-state index contributed by atoms with van der Waals surface area (Å²) in [7, 11) is 0. The number of para-hydroxylation sites is 1. The molecule has 0 amide bonds. The van der Waals surface area contributed by atoms with Crippen molar-refractivity contribution in [2.24, 2.45) is 0 Å². The molecule has 0 saturated heterocycles. The largest absolute Gasteiger partial charge is 0.487 e. The number of thiophene rings is 1. The molecule has 7 aromatic rings. The highest BCUT2D eigenvalue weighted by molar-refractivity contribution is 7.15. The van der Waals surface area contributed by atoms with Gasteiger partial charge in [-0.15, -0.1) is 11.3 Å². The number of fused-ring (bicyclic) bond motifs is 2. The first-order valence-electron chi connectivity index (χ1n) is 12.2. The summed E-state index contributed by atoms with van der Waals surface area (Å²) in [6, 6.07) is 26.4. The summed E-state index contributed by atoms with van der Waals surface area (Å²) < 4.78 is 5.98. The maximum absolute atomic E-state index is 5.98. The van der Waals surface area contributed by atoms with Crippen molar-refractivity contribution in [1.29, 1.82) is 0 Å². The van der Waals surface area contributed by atoms with Gasteiger partial charge < -0.3 is 9.72 Å². The van der Waals surface area contributed by atoms with Gasteiger partial charge in [0.25, 0.3) is 0 Å². The average Bonchev–Trinajstić information content (AvgIpc) is 3.70. The zero-order chi connectivity index (χ0) is 25.5. The van der Waals surface area contributed by atoms with Crippen LogP contribution in [0, 0.1) is 6.92 Å². The average molecular weight is 515 g/mol. The van der Waals surface area contributed by atoms with Gasteiger partial charge in [-0.25, -0.2) is 9.97 Å². The fourth-order valence-electron chi connectivity index (χ4n) is 4.53. The number of hydrogen-bond donors (Lipinski definition) is 2. The molecule has 0 spiro atoms.